The van der Waals surface area contributed by atoms with Crippen molar-refractivity contribution in [3.05, 3.63) is 24.3 Å². The fraction of sp³-hybridized carbons (Fsp3) is 0.741. The van der Waals surface area contributed by atoms with E-state index in [1.807, 2.05) is 9.80 Å². The van der Waals surface area contributed by atoms with Gasteiger partial charge < -0.3 is 19.8 Å². The van der Waals surface area contributed by atoms with Crippen LogP contribution in [0.2, 0.25) is 0 Å². The van der Waals surface area contributed by atoms with E-state index in [0.717, 1.165) is 19.3 Å². The van der Waals surface area contributed by atoms with Gasteiger partial charge in [0.05, 0.1) is 16.6 Å². The first-order valence-electron chi connectivity index (χ1n) is 13.3. The number of thioether (sulfide) groups is 1. The van der Waals surface area contributed by atoms with Crippen LogP contribution in [0.15, 0.2) is 24.3 Å². The van der Waals surface area contributed by atoms with Gasteiger partial charge in [-0.3, -0.25) is 14.4 Å². The average Bonchev–Trinajstić information content (AvgIpc) is 3.08. The second-order valence-corrected chi connectivity index (χ2v) is 12.5. The van der Waals surface area contributed by atoms with Gasteiger partial charge in [0.15, 0.2) is 0 Å². The van der Waals surface area contributed by atoms with E-state index in [-0.39, 0.29) is 30.4 Å². The summed E-state index contributed by atoms with van der Waals surface area (Å²) < 4.78 is -1.33. The smallest absolute Gasteiger partial charge is 0.247 e. The number of likely N-dealkylation sites (tertiary alicyclic amines) is 1. The first kappa shape index (κ1) is 26.3. The van der Waals surface area contributed by atoms with Crippen molar-refractivity contribution >= 4 is 29.5 Å². The monoisotopic (exact) mass is 503 g/mol. The quantitative estimate of drug-likeness (QED) is 0.387. The van der Waals surface area contributed by atoms with Gasteiger partial charge in [0.2, 0.25) is 17.7 Å². The van der Waals surface area contributed by atoms with Gasteiger partial charge in [0, 0.05) is 43.6 Å². The maximum absolute atomic E-state index is 14.2. The normalized spacial score (nSPS) is 35.2. The minimum absolute atomic E-state index is 0.00907. The van der Waals surface area contributed by atoms with E-state index >= 15 is 0 Å². The molecular weight excluding hydrogens is 462 g/mol. The zero-order valence-corrected chi connectivity index (χ0v) is 22.4. The lowest BCUT2D eigenvalue weighted by molar-refractivity contribution is -0.145. The van der Waals surface area contributed by atoms with Crippen LogP contribution >= 0.6 is 11.8 Å². The van der Waals surface area contributed by atoms with Crippen molar-refractivity contribution in [1.29, 1.82) is 0 Å². The third-order valence-electron chi connectivity index (χ3n) is 8.21. The molecular formula is C27H41N3O4S. The zero-order chi connectivity index (χ0) is 25.4. The Hall–Kier alpha value is -1.80. The molecule has 194 valence electrons. The number of amides is 3. The van der Waals surface area contributed by atoms with Gasteiger partial charge in [0.1, 0.15) is 6.04 Å². The molecule has 3 amide bonds. The fourth-order valence-electron chi connectivity index (χ4n) is 6.66. The van der Waals surface area contributed by atoms with Crippen LogP contribution in [0.4, 0.5) is 0 Å². The number of rotatable bonds is 9. The molecule has 4 rings (SSSR count). The van der Waals surface area contributed by atoms with Gasteiger partial charge in [-0.25, -0.2) is 0 Å². The predicted molar refractivity (Wildman–Crippen MR) is 139 cm³/mol. The summed E-state index contributed by atoms with van der Waals surface area (Å²) in [6.45, 7) is 10.6. The Morgan fingerprint density at radius 1 is 1.00 bits per heavy atom. The first-order valence-corrected chi connectivity index (χ1v) is 14.1. The highest BCUT2D eigenvalue weighted by molar-refractivity contribution is 8.02. The van der Waals surface area contributed by atoms with Gasteiger partial charge in [-0.15, -0.1) is 11.8 Å². The minimum atomic E-state index is -0.775. The fourth-order valence-corrected chi connectivity index (χ4v) is 8.82. The minimum Gasteiger partial charge on any atom is -0.396 e. The van der Waals surface area contributed by atoms with E-state index in [4.69, 9.17) is 0 Å². The third kappa shape index (κ3) is 4.24. The number of aliphatic hydroxyl groups excluding tert-OH is 1. The van der Waals surface area contributed by atoms with Crippen LogP contribution in [-0.2, 0) is 14.4 Å². The molecule has 0 aromatic carbocycles. The molecule has 1 spiro atoms. The van der Waals surface area contributed by atoms with Gasteiger partial charge in [-0.1, -0.05) is 44.6 Å². The van der Waals surface area contributed by atoms with E-state index in [0.29, 0.717) is 39.0 Å². The lowest BCUT2D eigenvalue weighted by Gasteiger charge is -2.38. The van der Waals surface area contributed by atoms with Crippen LogP contribution in [0.1, 0.15) is 59.8 Å². The number of unbranched alkanes of at least 4 members (excludes halogenated alkanes) is 1. The van der Waals surface area contributed by atoms with Crippen molar-refractivity contribution in [2.75, 3.05) is 32.8 Å². The van der Waals surface area contributed by atoms with Crippen molar-refractivity contribution in [1.82, 2.24) is 14.7 Å². The summed E-state index contributed by atoms with van der Waals surface area (Å²) in [5.74, 6) is -1.15. The van der Waals surface area contributed by atoms with Crippen molar-refractivity contribution < 1.29 is 19.5 Å². The molecule has 0 aliphatic carbocycles. The van der Waals surface area contributed by atoms with Gasteiger partial charge in [-0.2, -0.15) is 0 Å². The summed E-state index contributed by atoms with van der Waals surface area (Å²) >= 11 is 1.65. The van der Waals surface area contributed by atoms with Gasteiger partial charge in [-0.05, 0) is 39.5 Å². The molecule has 0 saturated carbocycles. The third-order valence-corrected chi connectivity index (χ3v) is 10.0. The molecule has 7 nitrogen and oxygen atoms in total. The van der Waals surface area contributed by atoms with Crippen molar-refractivity contribution in [3.63, 3.8) is 0 Å². The van der Waals surface area contributed by atoms with Crippen LogP contribution < -0.4 is 0 Å². The number of aliphatic hydroxyl groups is 1. The SMILES string of the molecule is CCCC(C)N1CC=C[C@]23S[C@]4(C)C=CCN(CCC)C(=O)[C@@H]4[C@H]2C(=O)N(CCCCO)C3C1=O. The molecule has 2 saturated heterocycles. The summed E-state index contributed by atoms with van der Waals surface area (Å²) in [6, 6.07) is -0.555. The van der Waals surface area contributed by atoms with Crippen LogP contribution in [0.3, 0.4) is 0 Å². The molecule has 4 heterocycles. The Morgan fingerprint density at radius 3 is 2.43 bits per heavy atom. The standard InChI is InChI=1S/C27H41N3O4S/c1-5-11-19(3)29-17-10-13-27-21(24(33)30(16-7-8-18-31)22(27)25(29)34)20-23(32)28(14-6-2)15-9-12-26(20,4)35-27/h9-10,12-13,19-22,31H,5-8,11,14-18H2,1-4H3/t19?,20-,21-,22?,26+,27-/m0/s1. The van der Waals surface area contributed by atoms with E-state index < -0.39 is 27.4 Å². The second-order valence-electron chi connectivity index (χ2n) is 10.7. The van der Waals surface area contributed by atoms with E-state index in [9.17, 15) is 19.5 Å². The first-order chi connectivity index (χ1) is 16.8. The molecule has 2 fully saturated rings. The summed E-state index contributed by atoms with van der Waals surface area (Å²) in [7, 11) is 0. The predicted octanol–water partition coefficient (Wildman–Crippen LogP) is 2.84. The Morgan fingerprint density at radius 2 is 1.74 bits per heavy atom. The maximum Gasteiger partial charge on any atom is 0.247 e. The molecule has 35 heavy (non-hydrogen) atoms. The van der Waals surface area contributed by atoms with Crippen LogP contribution in [0.5, 0.6) is 0 Å². The van der Waals surface area contributed by atoms with E-state index in [2.05, 4.69) is 52.0 Å². The number of carbonyl (C=O) groups excluding carboxylic acids is 3. The van der Waals surface area contributed by atoms with Crippen molar-refractivity contribution in [2.45, 2.75) is 81.4 Å². The van der Waals surface area contributed by atoms with E-state index in [1.165, 1.54) is 0 Å². The molecule has 0 aromatic heterocycles. The largest absolute Gasteiger partial charge is 0.396 e. The van der Waals surface area contributed by atoms with Crippen LogP contribution in [-0.4, -0.2) is 91.9 Å². The Balaban J connectivity index is 1.80. The molecule has 0 radical (unpaired) electrons. The van der Waals surface area contributed by atoms with Gasteiger partial charge >= 0.3 is 0 Å². The maximum atomic E-state index is 14.2. The van der Waals surface area contributed by atoms with Gasteiger partial charge in [0.25, 0.3) is 0 Å². The lowest BCUT2D eigenvalue weighted by atomic mass is 9.74. The summed E-state index contributed by atoms with van der Waals surface area (Å²) in [5, 5.41) is 9.35. The number of nitrogens with zero attached hydrogens (tertiary/aromatic N) is 3. The summed E-state index contributed by atoms with van der Waals surface area (Å²) in [5.41, 5.74) is 0. The Bertz CT molecular complexity index is 907. The number of hydrogen-bond acceptors (Lipinski definition) is 5. The van der Waals surface area contributed by atoms with Crippen molar-refractivity contribution in [2.24, 2.45) is 11.8 Å². The highest BCUT2D eigenvalue weighted by atomic mass is 32.2. The molecule has 4 aliphatic heterocycles. The van der Waals surface area contributed by atoms with E-state index in [1.54, 1.807) is 16.7 Å². The topological polar surface area (TPSA) is 81.2 Å². The van der Waals surface area contributed by atoms with Crippen molar-refractivity contribution in [3.8, 4) is 0 Å². The number of fused-ring (bicyclic) bond motifs is 2. The van der Waals surface area contributed by atoms with Crippen LogP contribution in [0.25, 0.3) is 0 Å². The number of carbonyl (C=O) groups is 3. The molecule has 8 heteroatoms. The Labute approximate surface area is 214 Å². The summed E-state index contributed by atoms with van der Waals surface area (Å²) in [6.07, 6.45) is 12.3. The molecule has 1 N–H and O–H groups in total. The highest BCUT2D eigenvalue weighted by Gasteiger charge is 2.73. The summed E-state index contributed by atoms with van der Waals surface area (Å²) in [4.78, 5) is 47.9. The second kappa shape index (κ2) is 10.3. The zero-order valence-electron chi connectivity index (χ0n) is 21.6. The average molecular weight is 504 g/mol. The molecule has 0 bridgehead atoms. The molecule has 2 unspecified atom stereocenters. The lowest BCUT2D eigenvalue weighted by Crippen LogP contribution is -2.55. The highest BCUT2D eigenvalue weighted by Crippen LogP contribution is 2.65. The molecule has 6 atom stereocenters. The van der Waals surface area contributed by atoms with Crippen LogP contribution in [0, 0.1) is 11.8 Å². The molecule has 0 aromatic rings. The molecule has 4 aliphatic rings. The Kier molecular flexibility index (Phi) is 7.72. The number of hydrogen-bond donors (Lipinski definition) is 1.